The lowest BCUT2D eigenvalue weighted by Gasteiger charge is -2.31. The third-order valence-electron chi connectivity index (χ3n) is 2.74. The molecule has 0 aromatic heterocycles. The van der Waals surface area contributed by atoms with Gasteiger partial charge in [0.2, 0.25) is 0 Å². The Morgan fingerprint density at radius 2 is 2.38 bits per heavy atom. The predicted molar refractivity (Wildman–Crippen MR) is 54.8 cm³/mol. The van der Waals surface area contributed by atoms with E-state index in [9.17, 15) is 0 Å². The van der Waals surface area contributed by atoms with Gasteiger partial charge in [0.05, 0.1) is 0 Å². The van der Waals surface area contributed by atoms with Crippen LogP contribution in [0.4, 0.5) is 0 Å². The molecule has 0 aromatic rings. The largest absolute Gasteiger partial charge is 0.396 e. The Bertz CT molecular complexity index is 118. The van der Waals surface area contributed by atoms with Crippen LogP contribution in [0.5, 0.6) is 0 Å². The van der Waals surface area contributed by atoms with Gasteiger partial charge in [-0.1, -0.05) is 13.3 Å². The summed E-state index contributed by atoms with van der Waals surface area (Å²) >= 11 is 0. The van der Waals surface area contributed by atoms with Gasteiger partial charge in [0, 0.05) is 18.7 Å². The molecule has 0 radical (unpaired) electrons. The standard InChI is InChI=1S/C10H22N2O/c1-2-11-10(6-8-13)9-5-3-4-7-12-9/h9-13H,2-8H2,1H3/t9-,10-/m1/s1. The van der Waals surface area contributed by atoms with Crippen molar-refractivity contribution in [1.29, 1.82) is 0 Å². The molecule has 1 aliphatic heterocycles. The number of hydrogen-bond acceptors (Lipinski definition) is 3. The molecular formula is C10H22N2O. The normalized spacial score (nSPS) is 25.8. The van der Waals surface area contributed by atoms with Gasteiger partial charge in [-0.25, -0.2) is 0 Å². The molecule has 1 saturated heterocycles. The highest BCUT2D eigenvalue weighted by Gasteiger charge is 2.21. The molecule has 1 rings (SSSR count). The molecule has 0 spiro atoms. The number of aliphatic hydroxyl groups excluding tert-OH is 1. The van der Waals surface area contributed by atoms with Gasteiger partial charge in [0.1, 0.15) is 0 Å². The summed E-state index contributed by atoms with van der Waals surface area (Å²) in [5.41, 5.74) is 0. The van der Waals surface area contributed by atoms with Crippen LogP contribution in [-0.2, 0) is 0 Å². The van der Waals surface area contributed by atoms with Crippen molar-refractivity contribution in [2.75, 3.05) is 19.7 Å². The molecule has 3 nitrogen and oxygen atoms in total. The van der Waals surface area contributed by atoms with Crippen molar-refractivity contribution in [1.82, 2.24) is 10.6 Å². The molecule has 0 aromatic carbocycles. The summed E-state index contributed by atoms with van der Waals surface area (Å²) in [6.07, 6.45) is 4.74. The van der Waals surface area contributed by atoms with Gasteiger partial charge in [-0.15, -0.1) is 0 Å². The predicted octanol–water partition coefficient (Wildman–Crippen LogP) is 0.489. The SMILES string of the molecule is CCN[C@H](CCO)[C@H]1CCCCN1. The van der Waals surface area contributed by atoms with E-state index < -0.39 is 0 Å². The van der Waals surface area contributed by atoms with Crippen LogP contribution in [-0.4, -0.2) is 36.9 Å². The zero-order valence-corrected chi connectivity index (χ0v) is 8.55. The highest BCUT2D eigenvalue weighted by atomic mass is 16.3. The number of nitrogens with one attached hydrogen (secondary N) is 2. The summed E-state index contributed by atoms with van der Waals surface area (Å²) < 4.78 is 0. The fraction of sp³-hybridized carbons (Fsp3) is 1.00. The van der Waals surface area contributed by atoms with E-state index in [-0.39, 0.29) is 6.61 Å². The third-order valence-corrected chi connectivity index (χ3v) is 2.74. The van der Waals surface area contributed by atoms with E-state index >= 15 is 0 Å². The molecule has 0 amide bonds. The first-order chi connectivity index (χ1) is 6.38. The van der Waals surface area contributed by atoms with Gasteiger partial charge in [0.25, 0.3) is 0 Å². The van der Waals surface area contributed by atoms with Gasteiger partial charge in [-0.3, -0.25) is 0 Å². The minimum Gasteiger partial charge on any atom is -0.396 e. The molecule has 1 aliphatic rings. The minimum absolute atomic E-state index is 0.288. The lowest BCUT2D eigenvalue weighted by Crippen LogP contribution is -2.50. The first-order valence-electron chi connectivity index (χ1n) is 5.46. The Hall–Kier alpha value is -0.120. The third kappa shape index (κ3) is 3.63. The summed E-state index contributed by atoms with van der Waals surface area (Å²) in [6.45, 7) is 4.53. The zero-order chi connectivity index (χ0) is 9.52. The van der Waals surface area contributed by atoms with Gasteiger partial charge in [-0.05, 0) is 32.4 Å². The Labute approximate surface area is 80.9 Å². The summed E-state index contributed by atoms with van der Waals surface area (Å²) in [6, 6.07) is 1.02. The van der Waals surface area contributed by atoms with Gasteiger partial charge in [-0.2, -0.15) is 0 Å². The minimum atomic E-state index is 0.288. The Morgan fingerprint density at radius 3 is 2.92 bits per heavy atom. The fourth-order valence-electron chi connectivity index (χ4n) is 2.07. The molecule has 1 heterocycles. The molecule has 3 N–H and O–H groups in total. The lowest BCUT2D eigenvalue weighted by molar-refractivity contribution is 0.230. The average Bonchev–Trinajstić information content (AvgIpc) is 2.19. The summed E-state index contributed by atoms with van der Waals surface area (Å²) in [5.74, 6) is 0. The van der Waals surface area contributed by atoms with E-state index in [2.05, 4.69) is 17.6 Å². The molecule has 78 valence electrons. The molecule has 0 bridgehead atoms. The van der Waals surface area contributed by atoms with Crippen LogP contribution in [0.3, 0.4) is 0 Å². The molecular weight excluding hydrogens is 164 g/mol. The maximum absolute atomic E-state index is 8.93. The van der Waals surface area contributed by atoms with Crippen LogP contribution < -0.4 is 10.6 Å². The maximum atomic E-state index is 8.93. The topological polar surface area (TPSA) is 44.3 Å². The fourth-order valence-corrected chi connectivity index (χ4v) is 2.07. The quantitative estimate of drug-likeness (QED) is 0.585. The van der Waals surface area contributed by atoms with E-state index in [1.165, 1.54) is 19.3 Å². The molecule has 0 aliphatic carbocycles. The van der Waals surface area contributed by atoms with Crippen molar-refractivity contribution in [3.63, 3.8) is 0 Å². The number of hydrogen-bond donors (Lipinski definition) is 3. The smallest absolute Gasteiger partial charge is 0.0446 e. The summed E-state index contributed by atoms with van der Waals surface area (Å²) in [7, 11) is 0. The van der Waals surface area contributed by atoms with Crippen LogP contribution in [0.15, 0.2) is 0 Å². The summed E-state index contributed by atoms with van der Waals surface area (Å²) in [5, 5.41) is 15.9. The average molecular weight is 186 g/mol. The second-order valence-corrected chi connectivity index (χ2v) is 3.73. The monoisotopic (exact) mass is 186 g/mol. The van der Waals surface area contributed by atoms with Gasteiger partial charge < -0.3 is 15.7 Å². The number of piperidine rings is 1. The van der Waals surface area contributed by atoms with E-state index in [0.717, 1.165) is 19.5 Å². The first-order valence-corrected chi connectivity index (χ1v) is 5.46. The Kier molecular flexibility index (Phi) is 5.35. The maximum Gasteiger partial charge on any atom is 0.0446 e. The Morgan fingerprint density at radius 1 is 1.54 bits per heavy atom. The highest BCUT2D eigenvalue weighted by Crippen LogP contribution is 2.12. The molecule has 1 fully saturated rings. The lowest BCUT2D eigenvalue weighted by atomic mass is 9.96. The number of aliphatic hydroxyl groups is 1. The highest BCUT2D eigenvalue weighted by molar-refractivity contribution is 4.84. The molecule has 3 heteroatoms. The number of likely N-dealkylation sites (N-methyl/N-ethyl adjacent to an activating group) is 1. The van der Waals surface area contributed by atoms with Gasteiger partial charge in [0.15, 0.2) is 0 Å². The summed E-state index contributed by atoms with van der Waals surface area (Å²) in [4.78, 5) is 0. The Balaban J connectivity index is 2.32. The number of rotatable bonds is 5. The van der Waals surface area contributed by atoms with Crippen LogP contribution in [0, 0.1) is 0 Å². The first kappa shape index (κ1) is 11.0. The van der Waals surface area contributed by atoms with Crippen molar-refractivity contribution in [2.24, 2.45) is 0 Å². The van der Waals surface area contributed by atoms with Crippen LogP contribution in [0.2, 0.25) is 0 Å². The van der Waals surface area contributed by atoms with Crippen molar-refractivity contribution in [3.05, 3.63) is 0 Å². The molecule has 0 saturated carbocycles. The van der Waals surface area contributed by atoms with Crippen molar-refractivity contribution >= 4 is 0 Å². The van der Waals surface area contributed by atoms with Gasteiger partial charge >= 0.3 is 0 Å². The zero-order valence-electron chi connectivity index (χ0n) is 8.55. The second-order valence-electron chi connectivity index (χ2n) is 3.73. The van der Waals surface area contributed by atoms with E-state index in [4.69, 9.17) is 5.11 Å². The van der Waals surface area contributed by atoms with Crippen LogP contribution in [0.1, 0.15) is 32.6 Å². The van der Waals surface area contributed by atoms with E-state index in [1.54, 1.807) is 0 Å². The van der Waals surface area contributed by atoms with E-state index in [0.29, 0.717) is 12.1 Å². The van der Waals surface area contributed by atoms with Crippen LogP contribution >= 0.6 is 0 Å². The molecule has 13 heavy (non-hydrogen) atoms. The second kappa shape index (κ2) is 6.35. The molecule has 2 atom stereocenters. The van der Waals surface area contributed by atoms with Crippen LogP contribution in [0.25, 0.3) is 0 Å². The van der Waals surface area contributed by atoms with Crippen molar-refractivity contribution in [2.45, 2.75) is 44.7 Å². The van der Waals surface area contributed by atoms with E-state index in [1.807, 2.05) is 0 Å². The van der Waals surface area contributed by atoms with Crippen molar-refractivity contribution in [3.8, 4) is 0 Å². The molecule has 0 unspecified atom stereocenters. The van der Waals surface area contributed by atoms with Crippen molar-refractivity contribution < 1.29 is 5.11 Å².